The molecule has 1 aliphatic carbocycles. The lowest BCUT2D eigenvalue weighted by Gasteiger charge is -2.22. The van der Waals surface area contributed by atoms with Gasteiger partial charge in [0.25, 0.3) is 0 Å². The Labute approximate surface area is 113 Å². The average molecular weight is 267 g/mol. The minimum Gasteiger partial charge on any atom is -0.488 e. The Morgan fingerprint density at radius 2 is 2.11 bits per heavy atom. The highest BCUT2D eigenvalue weighted by molar-refractivity contribution is 5.29. The number of aliphatic hydroxyl groups is 1. The van der Waals surface area contributed by atoms with Crippen LogP contribution in [0, 0.1) is 5.82 Å². The van der Waals surface area contributed by atoms with Crippen LogP contribution in [0.5, 0.6) is 5.75 Å². The van der Waals surface area contributed by atoms with Crippen molar-refractivity contribution in [2.75, 3.05) is 13.2 Å². The second-order valence-electron chi connectivity index (χ2n) is 5.27. The third-order valence-electron chi connectivity index (χ3n) is 3.61. The fourth-order valence-electron chi connectivity index (χ4n) is 2.43. The molecule has 0 amide bonds. The Hall–Kier alpha value is -1.13. The first-order valence-electron chi connectivity index (χ1n) is 6.97. The molecule has 1 saturated carbocycles. The highest BCUT2D eigenvalue weighted by Gasteiger charge is 2.32. The minimum absolute atomic E-state index is 0.177. The van der Waals surface area contributed by atoms with Gasteiger partial charge >= 0.3 is 0 Å². The van der Waals surface area contributed by atoms with Crippen LogP contribution in [0.15, 0.2) is 18.2 Å². The average Bonchev–Trinajstić information content (AvgIpc) is 2.82. The number of rotatable bonds is 6. The van der Waals surface area contributed by atoms with Gasteiger partial charge in [-0.1, -0.05) is 25.8 Å². The van der Waals surface area contributed by atoms with Crippen LogP contribution in [0.2, 0.25) is 0 Å². The van der Waals surface area contributed by atoms with Crippen molar-refractivity contribution in [3.05, 3.63) is 29.6 Å². The number of halogens is 1. The molecule has 1 fully saturated rings. The van der Waals surface area contributed by atoms with Gasteiger partial charge < -0.3 is 15.2 Å². The lowest BCUT2D eigenvalue weighted by Crippen LogP contribution is -2.32. The summed E-state index contributed by atoms with van der Waals surface area (Å²) in [7, 11) is 0. The molecule has 0 aliphatic heterocycles. The lowest BCUT2D eigenvalue weighted by molar-refractivity contribution is 0.000326. The fraction of sp³-hybridized carbons (Fsp3) is 0.600. The molecular formula is C15H22FNO2. The quantitative estimate of drug-likeness (QED) is 0.832. The van der Waals surface area contributed by atoms with E-state index in [9.17, 15) is 9.50 Å². The molecule has 0 bridgehead atoms. The van der Waals surface area contributed by atoms with Crippen LogP contribution in [0.4, 0.5) is 4.39 Å². The third kappa shape index (κ3) is 3.91. The smallest absolute Gasteiger partial charge is 0.165 e. The number of ether oxygens (including phenoxy) is 1. The summed E-state index contributed by atoms with van der Waals surface area (Å²) in [5, 5.41) is 13.3. The van der Waals surface area contributed by atoms with Gasteiger partial charge in [0.15, 0.2) is 11.6 Å². The van der Waals surface area contributed by atoms with Crippen molar-refractivity contribution in [3.8, 4) is 5.75 Å². The molecule has 0 atom stereocenters. The summed E-state index contributed by atoms with van der Waals surface area (Å²) >= 11 is 0. The molecule has 106 valence electrons. The van der Waals surface area contributed by atoms with Crippen molar-refractivity contribution < 1.29 is 14.2 Å². The van der Waals surface area contributed by atoms with Gasteiger partial charge in [-0.05, 0) is 37.1 Å². The summed E-state index contributed by atoms with van der Waals surface area (Å²) in [6.45, 7) is 3.69. The zero-order valence-electron chi connectivity index (χ0n) is 11.4. The van der Waals surface area contributed by atoms with Gasteiger partial charge in [-0.15, -0.1) is 0 Å². The first kappa shape index (κ1) is 14.3. The molecule has 1 aromatic carbocycles. The van der Waals surface area contributed by atoms with Gasteiger partial charge in [-0.2, -0.15) is 0 Å². The molecular weight excluding hydrogens is 245 g/mol. The fourth-order valence-corrected chi connectivity index (χ4v) is 2.43. The summed E-state index contributed by atoms with van der Waals surface area (Å²) in [6.07, 6.45) is 3.52. The Morgan fingerprint density at radius 1 is 1.37 bits per heavy atom. The van der Waals surface area contributed by atoms with Gasteiger partial charge in [0.1, 0.15) is 6.61 Å². The van der Waals surface area contributed by atoms with Crippen LogP contribution in [0.1, 0.15) is 38.2 Å². The second kappa shape index (κ2) is 6.35. The van der Waals surface area contributed by atoms with Crippen molar-refractivity contribution in [2.45, 2.75) is 44.8 Å². The first-order valence-corrected chi connectivity index (χ1v) is 6.97. The van der Waals surface area contributed by atoms with Crippen molar-refractivity contribution in [1.29, 1.82) is 0 Å². The number of hydrogen-bond donors (Lipinski definition) is 2. The monoisotopic (exact) mass is 267 g/mol. The van der Waals surface area contributed by atoms with Crippen LogP contribution in [0.3, 0.4) is 0 Å². The van der Waals surface area contributed by atoms with Crippen molar-refractivity contribution >= 4 is 0 Å². The second-order valence-corrected chi connectivity index (χ2v) is 5.27. The summed E-state index contributed by atoms with van der Waals surface area (Å²) in [5.74, 6) is -0.141. The highest BCUT2D eigenvalue weighted by atomic mass is 19.1. The number of hydrogen-bond acceptors (Lipinski definition) is 3. The summed E-state index contributed by atoms with van der Waals surface area (Å²) in [5.41, 5.74) is 0.126. The van der Waals surface area contributed by atoms with Crippen molar-refractivity contribution in [1.82, 2.24) is 5.32 Å². The normalized spacial score (nSPS) is 17.6. The summed E-state index contributed by atoms with van der Waals surface area (Å²) in [6, 6.07) is 4.97. The minimum atomic E-state index is -0.769. The predicted molar refractivity (Wildman–Crippen MR) is 72.7 cm³/mol. The lowest BCUT2D eigenvalue weighted by atomic mass is 10.0. The molecule has 0 unspecified atom stereocenters. The molecule has 1 aromatic rings. The Balaban J connectivity index is 1.93. The topological polar surface area (TPSA) is 41.5 Å². The molecule has 1 aliphatic rings. The molecule has 3 nitrogen and oxygen atoms in total. The van der Waals surface area contributed by atoms with Crippen LogP contribution >= 0.6 is 0 Å². The molecule has 0 aromatic heterocycles. The zero-order valence-corrected chi connectivity index (χ0v) is 11.4. The van der Waals surface area contributed by atoms with E-state index in [2.05, 4.69) is 5.32 Å². The van der Waals surface area contributed by atoms with Gasteiger partial charge in [0.2, 0.25) is 0 Å². The van der Waals surface area contributed by atoms with E-state index in [1.54, 1.807) is 6.07 Å². The van der Waals surface area contributed by atoms with Gasteiger partial charge in [0.05, 0.1) is 5.60 Å². The van der Waals surface area contributed by atoms with Crippen LogP contribution < -0.4 is 10.1 Å². The van der Waals surface area contributed by atoms with Gasteiger partial charge in [-0.25, -0.2) is 4.39 Å². The van der Waals surface area contributed by atoms with Crippen molar-refractivity contribution in [2.24, 2.45) is 0 Å². The van der Waals surface area contributed by atoms with Crippen LogP contribution in [-0.2, 0) is 6.54 Å². The standard InChI is InChI=1S/C15H22FNO2/c1-2-17-10-12-5-6-14(13(16)9-12)19-11-15(18)7-3-4-8-15/h5-6,9,17-18H,2-4,7-8,10-11H2,1H3. The molecule has 0 radical (unpaired) electrons. The molecule has 2 rings (SSSR count). The van der Waals surface area contributed by atoms with Gasteiger partial charge in [-0.3, -0.25) is 0 Å². The Morgan fingerprint density at radius 3 is 2.74 bits per heavy atom. The maximum absolute atomic E-state index is 13.8. The highest BCUT2D eigenvalue weighted by Crippen LogP contribution is 2.30. The number of benzene rings is 1. The van der Waals surface area contributed by atoms with E-state index in [1.807, 2.05) is 13.0 Å². The van der Waals surface area contributed by atoms with Crippen LogP contribution in [-0.4, -0.2) is 23.9 Å². The largest absolute Gasteiger partial charge is 0.488 e. The molecule has 4 heteroatoms. The molecule has 0 saturated heterocycles. The van der Waals surface area contributed by atoms with E-state index in [1.165, 1.54) is 6.07 Å². The SMILES string of the molecule is CCNCc1ccc(OCC2(O)CCCC2)c(F)c1. The van der Waals surface area contributed by atoms with E-state index in [4.69, 9.17) is 4.74 Å². The zero-order chi connectivity index (χ0) is 13.7. The maximum Gasteiger partial charge on any atom is 0.165 e. The van der Waals surface area contributed by atoms with E-state index in [-0.39, 0.29) is 18.2 Å². The van der Waals surface area contributed by atoms with E-state index >= 15 is 0 Å². The molecule has 0 heterocycles. The summed E-state index contributed by atoms with van der Waals surface area (Å²) in [4.78, 5) is 0. The van der Waals surface area contributed by atoms with Gasteiger partial charge in [0, 0.05) is 6.54 Å². The van der Waals surface area contributed by atoms with Crippen molar-refractivity contribution in [3.63, 3.8) is 0 Å². The van der Waals surface area contributed by atoms with Crippen LogP contribution in [0.25, 0.3) is 0 Å². The molecule has 19 heavy (non-hydrogen) atoms. The van der Waals surface area contributed by atoms with E-state index < -0.39 is 5.60 Å². The van der Waals surface area contributed by atoms with E-state index in [0.717, 1.165) is 37.8 Å². The first-order chi connectivity index (χ1) is 9.13. The third-order valence-corrected chi connectivity index (χ3v) is 3.61. The van der Waals surface area contributed by atoms with E-state index in [0.29, 0.717) is 6.54 Å². The predicted octanol–water partition coefficient (Wildman–Crippen LogP) is 2.62. The number of nitrogens with one attached hydrogen (secondary N) is 1. The maximum atomic E-state index is 13.8. The summed E-state index contributed by atoms with van der Waals surface area (Å²) < 4.78 is 19.3. The Bertz CT molecular complexity index is 417. The Kier molecular flexibility index (Phi) is 4.77. The molecule has 0 spiro atoms. The molecule has 2 N–H and O–H groups in total.